The largest absolute Gasteiger partial charge is 1.00 e. The maximum atomic E-state index is 11.5. The second kappa shape index (κ2) is 10.5. The topological polar surface area (TPSA) is 78.5 Å². The van der Waals surface area contributed by atoms with Gasteiger partial charge in [0.25, 0.3) is 0 Å². The molecule has 0 bridgehead atoms. The van der Waals surface area contributed by atoms with Crippen LogP contribution in [0.15, 0.2) is 22.7 Å². The van der Waals surface area contributed by atoms with Gasteiger partial charge in [0.05, 0.1) is 18.8 Å². The van der Waals surface area contributed by atoms with E-state index in [-0.39, 0.29) is 47.0 Å². The minimum atomic E-state index is -1.17. The Morgan fingerprint density at radius 3 is 2.70 bits per heavy atom. The number of hydrogen-bond donors (Lipinski definition) is 1. The summed E-state index contributed by atoms with van der Waals surface area (Å²) in [6.45, 7) is 0.327. The molecule has 20 heavy (non-hydrogen) atoms. The molecule has 1 aromatic rings. The fourth-order valence-corrected chi connectivity index (χ4v) is 2.32. The maximum absolute atomic E-state index is 11.5. The van der Waals surface area contributed by atoms with Gasteiger partial charge in [-0.3, -0.25) is 4.79 Å². The van der Waals surface area contributed by atoms with Crippen molar-refractivity contribution in [3.63, 3.8) is 0 Å². The number of amides is 1. The van der Waals surface area contributed by atoms with E-state index in [1.165, 1.54) is 0 Å². The number of carboxylic acids is 1. The molecular weight excluding hydrogens is 357 g/mol. The Labute approximate surface area is 152 Å². The molecule has 8 heteroatoms. The monoisotopic (exact) mass is 369 g/mol. The van der Waals surface area contributed by atoms with E-state index in [9.17, 15) is 14.7 Å². The fraction of sp³-hybridized carbons (Fsp3) is 0.333. The van der Waals surface area contributed by atoms with Crippen LogP contribution in [0.25, 0.3) is 0 Å². The third-order valence-electron chi connectivity index (χ3n) is 2.17. The van der Waals surface area contributed by atoms with Crippen molar-refractivity contribution in [1.82, 2.24) is 5.32 Å². The van der Waals surface area contributed by atoms with Crippen LogP contribution >= 0.6 is 27.7 Å². The number of hydrogen-bond acceptors (Lipinski definition) is 5. The van der Waals surface area contributed by atoms with E-state index < -0.39 is 5.97 Å². The molecule has 0 aliphatic rings. The van der Waals surface area contributed by atoms with E-state index in [4.69, 9.17) is 4.74 Å². The number of carbonyl (C=O) groups is 2. The zero-order chi connectivity index (χ0) is 14.3. The number of carbonyl (C=O) groups excluding carboxylic acids is 2. The Morgan fingerprint density at radius 2 is 2.10 bits per heavy atom. The average Bonchev–Trinajstić information content (AvgIpc) is 2.36. The number of nitrogens with one attached hydrogen (secondary N) is 1. The van der Waals surface area contributed by atoms with Crippen LogP contribution in [0.1, 0.15) is 5.56 Å². The smallest absolute Gasteiger partial charge is 0.549 e. The summed E-state index contributed by atoms with van der Waals surface area (Å²) in [6, 6.07) is 5.50. The van der Waals surface area contributed by atoms with Gasteiger partial charge in [-0.25, -0.2) is 0 Å². The van der Waals surface area contributed by atoms with Crippen LogP contribution < -0.4 is 44.7 Å². The summed E-state index contributed by atoms with van der Waals surface area (Å²) in [6.07, 6.45) is 0. The Morgan fingerprint density at radius 1 is 1.40 bits per heavy atom. The van der Waals surface area contributed by atoms with Gasteiger partial charge in [-0.2, -0.15) is 0 Å². The van der Waals surface area contributed by atoms with Crippen molar-refractivity contribution in [1.29, 1.82) is 0 Å². The quantitative estimate of drug-likeness (QED) is 0.540. The molecule has 0 heterocycles. The number of benzene rings is 1. The number of ether oxygens (including phenoxy) is 1. The van der Waals surface area contributed by atoms with E-state index >= 15 is 0 Å². The van der Waals surface area contributed by atoms with Crippen LogP contribution in [-0.4, -0.2) is 30.5 Å². The summed E-state index contributed by atoms with van der Waals surface area (Å²) in [5.74, 6) is -0.816. The molecule has 0 aliphatic heterocycles. The predicted molar refractivity (Wildman–Crippen MR) is 74.9 cm³/mol. The van der Waals surface area contributed by atoms with Crippen molar-refractivity contribution in [2.24, 2.45) is 0 Å². The number of thioether (sulfide) groups is 1. The summed E-state index contributed by atoms with van der Waals surface area (Å²) in [7, 11) is 1.56. The maximum Gasteiger partial charge on any atom is 1.00 e. The molecule has 1 aromatic carbocycles. The number of rotatable bonds is 7. The average molecular weight is 370 g/mol. The number of aliphatic carboxylic acids is 1. The Balaban J connectivity index is 0.00000361. The molecule has 0 unspecified atom stereocenters. The first-order chi connectivity index (χ1) is 9.02. The standard InChI is InChI=1S/C12H14BrNO4S.Na/c1-18-10-3-2-9(13)4-8(10)5-14-11(15)6-19-7-12(16)17;/h2-4H,5-7H2,1H3,(H,14,15)(H,16,17);/q;+1/p-1. The van der Waals surface area contributed by atoms with Gasteiger partial charge < -0.3 is 20.0 Å². The first kappa shape index (κ1) is 19.8. The van der Waals surface area contributed by atoms with Crippen molar-refractivity contribution in [3.8, 4) is 5.75 Å². The molecule has 0 fully saturated rings. The number of halogens is 1. The summed E-state index contributed by atoms with van der Waals surface area (Å²) in [5, 5.41) is 12.9. The minimum Gasteiger partial charge on any atom is -0.549 e. The molecular formula is C12H13BrNNaO4S. The first-order valence-corrected chi connectivity index (χ1v) is 7.34. The van der Waals surface area contributed by atoms with E-state index in [0.29, 0.717) is 12.3 Å². The summed E-state index contributed by atoms with van der Waals surface area (Å²) in [5.41, 5.74) is 0.843. The van der Waals surface area contributed by atoms with E-state index in [1.807, 2.05) is 12.1 Å². The van der Waals surface area contributed by atoms with E-state index in [1.54, 1.807) is 13.2 Å². The third kappa shape index (κ3) is 7.54. The van der Waals surface area contributed by atoms with Crippen LogP contribution in [0.5, 0.6) is 5.75 Å². The van der Waals surface area contributed by atoms with Crippen molar-refractivity contribution in [2.75, 3.05) is 18.6 Å². The molecule has 0 aliphatic carbocycles. The van der Waals surface area contributed by atoms with Gasteiger partial charge in [-0.05, 0) is 18.2 Å². The summed E-state index contributed by atoms with van der Waals surface area (Å²) >= 11 is 4.35. The van der Waals surface area contributed by atoms with Gasteiger partial charge in [0.15, 0.2) is 0 Å². The van der Waals surface area contributed by atoms with Gasteiger partial charge in [-0.15, -0.1) is 11.8 Å². The molecule has 1 N–H and O–H groups in total. The van der Waals surface area contributed by atoms with E-state index in [2.05, 4.69) is 21.2 Å². The zero-order valence-electron chi connectivity index (χ0n) is 11.3. The Hall–Kier alpha value is -0.210. The van der Waals surface area contributed by atoms with Crippen molar-refractivity contribution < 1.29 is 49.0 Å². The van der Waals surface area contributed by atoms with Crippen LogP contribution in [0.2, 0.25) is 0 Å². The first-order valence-electron chi connectivity index (χ1n) is 5.39. The zero-order valence-corrected chi connectivity index (χ0v) is 15.7. The van der Waals surface area contributed by atoms with Gasteiger partial charge in [-0.1, -0.05) is 15.9 Å². The molecule has 0 aromatic heterocycles. The van der Waals surface area contributed by atoms with E-state index in [0.717, 1.165) is 21.8 Å². The van der Waals surface area contributed by atoms with Crippen molar-refractivity contribution in [2.45, 2.75) is 6.54 Å². The van der Waals surface area contributed by atoms with Gasteiger partial charge in [0, 0.05) is 22.3 Å². The van der Waals surface area contributed by atoms with Crippen molar-refractivity contribution in [3.05, 3.63) is 28.2 Å². The Kier molecular flexibility index (Phi) is 10.4. The summed E-state index contributed by atoms with van der Waals surface area (Å²) < 4.78 is 6.07. The molecule has 0 saturated carbocycles. The third-order valence-corrected chi connectivity index (χ3v) is 3.57. The molecule has 0 spiro atoms. The number of carboxylic acid groups (broad SMARTS) is 1. The SMILES string of the molecule is COc1ccc(Br)cc1CNC(=O)CSCC(=O)[O-].[Na+]. The normalized spacial score (nSPS) is 9.50. The summed E-state index contributed by atoms with van der Waals surface area (Å²) in [4.78, 5) is 21.7. The molecule has 5 nitrogen and oxygen atoms in total. The van der Waals surface area contributed by atoms with Crippen LogP contribution in [-0.2, 0) is 16.1 Å². The number of methoxy groups -OCH3 is 1. The molecule has 0 atom stereocenters. The molecule has 104 valence electrons. The molecule has 1 amide bonds. The molecule has 0 saturated heterocycles. The van der Waals surface area contributed by atoms with Crippen molar-refractivity contribution >= 4 is 39.6 Å². The minimum absolute atomic E-state index is 0. The van der Waals surface area contributed by atoms with Gasteiger partial charge in [0.2, 0.25) is 5.91 Å². The molecule has 1 rings (SSSR count). The van der Waals surface area contributed by atoms with Crippen LogP contribution in [0.4, 0.5) is 0 Å². The second-order valence-corrected chi connectivity index (χ2v) is 5.50. The predicted octanol–water partition coefficient (Wildman–Crippen LogP) is -2.44. The molecule has 0 radical (unpaired) electrons. The second-order valence-electron chi connectivity index (χ2n) is 3.60. The van der Waals surface area contributed by atoms with Crippen LogP contribution in [0, 0.1) is 0 Å². The van der Waals surface area contributed by atoms with Gasteiger partial charge in [0.1, 0.15) is 5.75 Å². The van der Waals surface area contributed by atoms with Gasteiger partial charge >= 0.3 is 29.6 Å². The van der Waals surface area contributed by atoms with Crippen LogP contribution in [0.3, 0.4) is 0 Å². The fourth-order valence-electron chi connectivity index (χ4n) is 1.36. The Bertz CT molecular complexity index is 473.